The van der Waals surface area contributed by atoms with Gasteiger partial charge in [0.15, 0.2) is 8.29 Å². The molecule has 1 fully saturated rings. The first-order valence-electron chi connectivity index (χ1n) is 9.43. The predicted octanol–water partition coefficient (Wildman–Crippen LogP) is 3.24. The quantitative estimate of drug-likeness (QED) is 0.509. The zero-order valence-electron chi connectivity index (χ0n) is 15.8. The molecule has 1 saturated heterocycles. The summed E-state index contributed by atoms with van der Waals surface area (Å²) in [4.78, 5) is 2.64. The molecule has 0 N–H and O–H groups in total. The predicted molar refractivity (Wildman–Crippen MR) is 116 cm³/mol. The number of hydrogen-bond donors (Lipinski definition) is 0. The van der Waals surface area contributed by atoms with Crippen molar-refractivity contribution in [3.8, 4) is 0 Å². The van der Waals surface area contributed by atoms with Crippen LogP contribution < -0.4 is 0 Å². The Hall–Kier alpha value is -0.780. The summed E-state index contributed by atoms with van der Waals surface area (Å²) in [6.07, 6.45) is 6.38. The number of benzene rings is 1. The molecular formula is C18H24N4O2S4. The van der Waals surface area contributed by atoms with E-state index in [-0.39, 0.29) is 0 Å². The third-order valence-corrected chi connectivity index (χ3v) is 9.56. The highest BCUT2D eigenvalue weighted by Crippen LogP contribution is 2.26. The van der Waals surface area contributed by atoms with Gasteiger partial charge in [-0.05, 0) is 67.4 Å². The number of aromatic nitrogens is 2. The van der Waals surface area contributed by atoms with Crippen molar-refractivity contribution in [1.29, 1.82) is 0 Å². The monoisotopic (exact) mass is 456 g/mol. The summed E-state index contributed by atoms with van der Waals surface area (Å²) in [6.45, 7) is 2.96. The zero-order valence-corrected chi connectivity index (χ0v) is 19.1. The van der Waals surface area contributed by atoms with E-state index in [1.54, 1.807) is 22.1 Å². The fourth-order valence-corrected chi connectivity index (χ4v) is 6.99. The number of thioether (sulfide) groups is 1. The second kappa shape index (κ2) is 8.53. The van der Waals surface area contributed by atoms with Gasteiger partial charge in [0.25, 0.3) is 0 Å². The largest absolute Gasteiger partial charge is 0.282 e. The highest BCUT2D eigenvalue weighted by atomic mass is 32.2. The smallest absolute Gasteiger partial charge is 0.243 e. The second-order valence-electron chi connectivity index (χ2n) is 7.14. The molecule has 2 heterocycles. The Labute approximate surface area is 179 Å². The molecule has 2 aliphatic rings. The van der Waals surface area contributed by atoms with Crippen molar-refractivity contribution in [3.63, 3.8) is 0 Å². The fraction of sp³-hybridized carbons (Fsp3) is 0.556. The van der Waals surface area contributed by atoms with Crippen molar-refractivity contribution in [2.75, 3.05) is 32.4 Å². The molecule has 6 nitrogen and oxygen atoms in total. The molecule has 0 radical (unpaired) electrons. The van der Waals surface area contributed by atoms with E-state index < -0.39 is 10.0 Å². The van der Waals surface area contributed by atoms with E-state index in [0.717, 1.165) is 27.6 Å². The minimum Gasteiger partial charge on any atom is -0.282 e. The molecule has 0 atom stereocenters. The lowest BCUT2D eigenvalue weighted by Gasteiger charge is -2.33. The summed E-state index contributed by atoms with van der Waals surface area (Å²) < 4.78 is 31.4. The van der Waals surface area contributed by atoms with Gasteiger partial charge in [0.1, 0.15) is 0 Å². The molecule has 0 spiro atoms. The van der Waals surface area contributed by atoms with Crippen LogP contribution in [0.1, 0.15) is 24.0 Å². The normalized spacial score (nSPS) is 18.9. The van der Waals surface area contributed by atoms with Crippen LogP contribution in [0.3, 0.4) is 0 Å². The van der Waals surface area contributed by atoms with Gasteiger partial charge < -0.3 is 0 Å². The Morgan fingerprint density at radius 2 is 1.86 bits per heavy atom. The van der Waals surface area contributed by atoms with E-state index >= 15 is 0 Å². The highest BCUT2D eigenvalue weighted by Gasteiger charge is 2.29. The molecule has 1 aliphatic heterocycles. The van der Waals surface area contributed by atoms with Gasteiger partial charge in [0.2, 0.25) is 10.0 Å². The number of fused-ring (bicyclic) bond motifs is 1. The molecule has 0 bridgehead atoms. The molecule has 0 unspecified atom stereocenters. The summed E-state index contributed by atoms with van der Waals surface area (Å²) in [6, 6.07) is 5.68. The molecule has 0 amide bonds. The number of hydrogen-bond acceptors (Lipinski definition) is 7. The Morgan fingerprint density at radius 3 is 2.54 bits per heavy atom. The summed E-state index contributed by atoms with van der Waals surface area (Å²) in [5.41, 5.74) is 2.51. The third-order valence-electron chi connectivity index (χ3n) is 5.39. The molecule has 1 aromatic heterocycles. The minimum absolute atomic E-state index is 0.438. The number of rotatable bonds is 5. The molecule has 28 heavy (non-hydrogen) atoms. The molecule has 2 aromatic rings. The standard InChI is InChI=1S/C18H24N4O2S4/c1-26-17-19-22(18(25)27-17)13-20-8-10-21(11-9-20)28(23,24)16-7-6-14-4-2-3-5-15(14)12-16/h6-7,12H,2-5,8-11,13H2,1H3. The van der Waals surface area contributed by atoms with Crippen LogP contribution in [0.2, 0.25) is 0 Å². The van der Waals surface area contributed by atoms with Gasteiger partial charge in [0, 0.05) is 26.2 Å². The van der Waals surface area contributed by atoms with E-state index in [1.807, 2.05) is 23.1 Å². The summed E-state index contributed by atoms with van der Waals surface area (Å²) in [7, 11) is -3.44. The average molecular weight is 457 g/mol. The zero-order chi connectivity index (χ0) is 19.7. The van der Waals surface area contributed by atoms with E-state index in [9.17, 15) is 8.42 Å². The van der Waals surface area contributed by atoms with E-state index in [1.165, 1.54) is 28.9 Å². The van der Waals surface area contributed by atoms with Crippen molar-refractivity contribution in [2.45, 2.75) is 41.6 Å². The summed E-state index contributed by atoms with van der Waals surface area (Å²) in [5, 5.41) is 4.50. The Bertz CT molecular complexity index is 1010. The number of sulfonamides is 1. The Morgan fingerprint density at radius 1 is 1.14 bits per heavy atom. The molecule has 152 valence electrons. The fourth-order valence-electron chi connectivity index (χ4n) is 3.78. The SMILES string of the molecule is CSc1nn(CN2CCN(S(=O)(=O)c3ccc4c(c3)CCCC4)CC2)c(=S)s1. The van der Waals surface area contributed by atoms with Crippen molar-refractivity contribution in [1.82, 2.24) is 19.0 Å². The summed E-state index contributed by atoms with van der Waals surface area (Å²) >= 11 is 8.48. The lowest BCUT2D eigenvalue weighted by molar-refractivity contribution is 0.144. The van der Waals surface area contributed by atoms with Crippen LogP contribution in [-0.4, -0.2) is 59.8 Å². The number of piperazine rings is 1. The molecule has 1 aromatic carbocycles. The molecular weight excluding hydrogens is 432 g/mol. The Kier molecular flexibility index (Phi) is 6.24. The van der Waals surface area contributed by atoms with Crippen molar-refractivity contribution in [2.24, 2.45) is 0 Å². The maximum Gasteiger partial charge on any atom is 0.243 e. The Balaban J connectivity index is 1.42. The van der Waals surface area contributed by atoms with Gasteiger partial charge in [-0.15, -0.1) is 0 Å². The maximum atomic E-state index is 13.1. The molecule has 10 heteroatoms. The van der Waals surface area contributed by atoms with Gasteiger partial charge in [-0.2, -0.15) is 9.40 Å². The number of nitrogens with zero attached hydrogens (tertiary/aromatic N) is 4. The van der Waals surface area contributed by atoms with E-state index in [0.29, 0.717) is 37.7 Å². The van der Waals surface area contributed by atoms with Crippen LogP contribution >= 0.6 is 35.3 Å². The molecule has 1 aliphatic carbocycles. The first-order chi connectivity index (χ1) is 13.5. The second-order valence-corrected chi connectivity index (χ2v) is 11.8. The topological polar surface area (TPSA) is 58.4 Å². The van der Waals surface area contributed by atoms with Gasteiger partial charge in [-0.25, -0.2) is 13.1 Å². The van der Waals surface area contributed by atoms with Crippen LogP contribution in [-0.2, 0) is 29.5 Å². The minimum atomic E-state index is -3.44. The van der Waals surface area contributed by atoms with Gasteiger partial charge >= 0.3 is 0 Å². The third kappa shape index (κ3) is 4.22. The van der Waals surface area contributed by atoms with E-state index in [4.69, 9.17) is 12.2 Å². The first kappa shape index (κ1) is 20.5. The average Bonchev–Trinajstić information content (AvgIpc) is 3.07. The van der Waals surface area contributed by atoms with Gasteiger partial charge in [-0.1, -0.05) is 29.2 Å². The van der Waals surface area contributed by atoms with Crippen molar-refractivity contribution in [3.05, 3.63) is 33.3 Å². The van der Waals surface area contributed by atoms with E-state index in [2.05, 4.69) is 10.00 Å². The molecule has 0 saturated carbocycles. The highest BCUT2D eigenvalue weighted by molar-refractivity contribution is 8.00. The molecule has 4 rings (SSSR count). The number of aryl methyl sites for hydroxylation is 2. The van der Waals surface area contributed by atoms with Crippen LogP contribution in [0.25, 0.3) is 0 Å². The van der Waals surface area contributed by atoms with Crippen LogP contribution in [0, 0.1) is 3.95 Å². The maximum absolute atomic E-state index is 13.1. The lowest BCUT2D eigenvalue weighted by atomic mass is 9.92. The van der Waals surface area contributed by atoms with Crippen molar-refractivity contribution >= 4 is 45.3 Å². The van der Waals surface area contributed by atoms with Crippen LogP contribution in [0.5, 0.6) is 0 Å². The first-order valence-corrected chi connectivity index (χ1v) is 13.3. The lowest BCUT2D eigenvalue weighted by Crippen LogP contribution is -2.48. The van der Waals surface area contributed by atoms with Gasteiger partial charge in [0.05, 0.1) is 11.6 Å². The van der Waals surface area contributed by atoms with Crippen LogP contribution in [0.15, 0.2) is 27.4 Å². The van der Waals surface area contributed by atoms with Crippen LogP contribution in [0.4, 0.5) is 0 Å². The van der Waals surface area contributed by atoms with Gasteiger partial charge in [-0.3, -0.25) is 4.90 Å². The summed E-state index contributed by atoms with van der Waals surface area (Å²) in [5.74, 6) is 0. The van der Waals surface area contributed by atoms with Crippen molar-refractivity contribution < 1.29 is 8.42 Å².